The average molecular weight is 286 g/mol. The summed E-state index contributed by atoms with van der Waals surface area (Å²) in [7, 11) is 1.31. The van der Waals surface area contributed by atoms with Crippen molar-refractivity contribution < 1.29 is 24.9 Å². The van der Waals surface area contributed by atoms with Crippen molar-refractivity contribution in [2.75, 3.05) is 7.11 Å². The van der Waals surface area contributed by atoms with Gasteiger partial charge in [-0.25, -0.2) is 0 Å². The van der Waals surface area contributed by atoms with Crippen LogP contribution >= 0.6 is 0 Å². The second kappa shape index (κ2) is 6.00. The number of ketones is 1. The third kappa shape index (κ3) is 2.97. The van der Waals surface area contributed by atoms with Crippen LogP contribution in [0.4, 0.5) is 0 Å². The number of carbonyl (C=O) groups is 1. The lowest BCUT2D eigenvalue weighted by molar-refractivity contribution is 0.104. The molecule has 0 heterocycles. The minimum absolute atomic E-state index is 0.00268. The monoisotopic (exact) mass is 286 g/mol. The predicted octanol–water partition coefficient (Wildman–Crippen LogP) is 2.71. The highest BCUT2D eigenvalue weighted by Gasteiger charge is 2.16. The quantitative estimate of drug-likeness (QED) is 0.457. The lowest BCUT2D eigenvalue weighted by atomic mass is 10.1. The summed E-state index contributed by atoms with van der Waals surface area (Å²) in [4.78, 5) is 11.9. The number of hydrogen-bond acceptors (Lipinski definition) is 5. The SMILES string of the molecule is COc1cc(C=CC(=O)c2ccccc2)c(O)c(O)c1O. The number of hydrogen-bond donors (Lipinski definition) is 3. The molecule has 0 atom stereocenters. The molecule has 0 radical (unpaired) electrons. The van der Waals surface area contributed by atoms with Crippen LogP contribution in [-0.4, -0.2) is 28.2 Å². The summed E-state index contributed by atoms with van der Waals surface area (Å²) in [6.07, 6.45) is 2.60. The van der Waals surface area contributed by atoms with E-state index < -0.39 is 17.2 Å². The molecule has 0 aromatic heterocycles. The number of methoxy groups -OCH3 is 1. The number of carbonyl (C=O) groups excluding carboxylic acids is 1. The van der Waals surface area contributed by atoms with Crippen molar-refractivity contribution in [3.8, 4) is 23.0 Å². The lowest BCUT2D eigenvalue weighted by Gasteiger charge is -2.09. The number of phenols is 3. The smallest absolute Gasteiger partial charge is 0.204 e. The first-order valence-corrected chi connectivity index (χ1v) is 6.14. The van der Waals surface area contributed by atoms with Crippen molar-refractivity contribution in [1.29, 1.82) is 0 Å². The highest BCUT2D eigenvalue weighted by atomic mass is 16.5. The Kier molecular flexibility index (Phi) is 4.13. The largest absolute Gasteiger partial charge is 0.504 e. The molecule has 0 unspecified atom stereocenters. The molecule has 5 heteroatoms. The van der Waals surface area contributed by atoms with E-state index in [1.807, 2.05) is 0 Å². The van der Waals surface area contributed by atoms with Gasteiger partial charge in [-0.1, -0.05) is 30.3 Å². The number of phenolic OH excluding ortho intramolecular Hbond substituents is 3. The van der Waals surface area contributed by atoms with Crippen LogP contribution in [0.5, 0.6) is 23.0 Å². The number of rotatable bonds is 4. The van der Waals surface area contributed by atoms with Gasteiger partial charge in [0.25, 0.3) is 0 Å². The molecule has 0 bridgehead atoms. The topological polar surface area (TPSA) is 87.0 Å². The zero-order valence-electron chi connectivity index (χ0n) is 11.3. The van der Waals surface area contributed by atoms with E-state index in [9.17, 15) is 20.1 Å². The molecule has 2 aromatic rings. The number of ether oxygens (including phenoxy) is 1. The van der Waals surface area contributed by atoms with Gasteiger partial charge in [-0.3, -0.25) is 4.79 Å². The highest BCUT2D eigenvalue weighted by molar-refractivity contribution is 6.07. The van der Waals surface area contributed by atoms with Gasteiger partial charge >= 0.3 is 0 Å². The van der Waals surface area contributed by atoms with Gasteiger partial charge in [0.2, 0.25) is 11.5 Å². The van der Waals surface area contributed by atoms with Gasteiger partial charge < -0.3 is 20.1 Å². The molecule has 0 saturated heterocycles. The summed E-state index contributed by atoms with van der Waals surface area (Å²) in [5, 5.41) is 28.9. The van der Waals surface area contributed by atoms with E-state index in [4.69, 9.17) is 4.74 Å². The van der Waals surface area contributed by atoms with E-state index in [0.29, 0.717) is 5.56 Å². The Labute approximate surface area is 121 Å². The molecule has 0 amide bonds. The first kappa shape index (κ1) is 14.5. The summed E-state index contributed by atoms with van der Waals surface area (Å²) < 4.78 is 4.87. The van der Waals surface area contributed by atoms with Crippen LogP contribution in [-0.2, 0) is 0 Å². The van der Waals surface area contributed by atoms with Crippen molar-refractivity contribution in [1.82, 2.24) is 0 Å². The van der Waals surface area contributed by atoms with E-state index >= 15 is 0 Å². The third-order valence-electron chi connectivity index (χ3n) is 2.93. The predicted molar refractivity (Wildman–Crippen MR) is 77.8 cm³/mol. The first-order chi connectivity index (χ1) is 10.0. The molecule has 3 N–H and O–H groups in total. The Morgan fingerprint density at radius 1 is 1.05 bits per heavy atom. The molecule has 0 fully saturated rings. The molecule has 21 heavy (non-hydrogen) atoms. The standard InChI is InChI=1S/C16H14O5/c1-21-13-9-11(14(18)16(20)15(13)19)7-8-12(17)10-5-3-2-4-6-10/h2-9,18-20H,1H3. The van der Waals surface area contributed by atoms with Crippen LogP contribution in [0.15, 0.2) is 42.5 Å². The fourth-order valence-electron chi connectivity index (χ4n) is 1.79. The van der Waals surface area contributed by atoms with Crippen LogP contribution < -0.4 is 4.74 Å². The molecule has 0 aliphatic carbocycles. The summed E-state index contributed by atoms with van der Waals surface area (Å²) >= 11 is 0. The summed E-state index contributed by atoms with van der Waals surface area (Å²) in [6, 6.07) is 9.94. The molecule has 2 aromatic carbocycles. The minimum atomic E-state index is -0.693. The Balaban J connectivity index is 2.33. The molecule has 5 nitrogen and oxygen atoms in total. The number of allylic oxidation sites excluding steroid dienone is 1. The number of benzene rings is 2. The second-order valence-corrected chi connectivity index (χ2v) is 4.28. The molecular formula is C16H14O5. The van der Waals surface area contributed by atoms with Crippen molar-refractivity contribution >= 4 is 11.9 Å². The van der Waals surface area contributed by atoms with Crippen LogP contribution in [0.3, 0.4) is 0 Å². The minimum Gasteiger partial charge on any atom is -0.504 e. The molecule has 108 valence electrons. The molecular weight excluding hydrogens is 272 g/mol. The summed E-state index contributed by atoms with van der Waals surface area (Å²) in [5.41, 5.74) is 0.662. The fraction of sp³-hybridized carbons (Fsp3) is 0.0625. The maximum Gasteiger partial charge on any atom is 0.204 e. The van der Waals surface area contributed by atoms with Crippen LogP contribution in [0.25, 0.3) is 6.08 Å². The van der Waals surface area contributed by atoms with Crippen LogP contribution in [0.2, 0.25) is 0 Å². The third-order valence-corrected chi connectivity index (χ3v) is 2.93. The maximum absolute atomic E-state index is 11.9. The molecule has 0 aliphatic rings. The summed E-state index contributed by atoms with van der Waals surface area (Å²) in [6.45, 7) is 0. The molecule has 0 spiro atoms. The van der Waals surface area contributed by atoms with Gasteiger partial charge in [0.15, 0.2) is 17.3 Å². The Bertz CT molecular complexity index is 690. The zero-order chi connectivity index (χ0) is 15.4. The Hall–Kier alpha value is -2.95. The first-order valence-electron chi connectivity index (χ1n) is 6.14. The van der Waals surface area contributed by atoms with E-state index in [-0.39, 0.29) is 17.1 Å². The summed E-state index contributed by atoms with van der Waals surface area (Å²) in [5.74, 6) is -2.02. The van der Waals surface area contributed by atoms with Gasteiger partial charge in [-0.05, 0) is 18.2 Å². The van der Waals surface area contributed by atoms with Crippen LogP contribution in [0.1, 0.15) is 15.9 Å². The average Bonchev–Trinajstić information content (AvgIpc) is 2.52. The maximum atomic E-state index is 11.9. The van der Waals surface area contributed by atoms with Gasteiger partial charge in [0, 0.05) is 11.1 Å². The van der Waals surface area contributed by atoms with E-state index in [1.54, 1.807) is 30.3 Å². The Morgan fingerprint density at radius 3 is 2.33 bits per heavy atom. The number of aromatic hydroxyl groups is 3. The Morgan fingerprint density at radius 2 is 1.71 bits per heavy atom. The van der Waals surface area contributed by atoms with Crippen molar-refractivity contribution in [3.05, 3.63) is 53.6 Å². The van der Waals surface area contributed by atoms with Crippen molar-refractivity contribution in [2.24, 2.45) is 0 Å². The zero-order valence-corrected chi connectivity index (χ0v) is 11.3. The van der Waals surface area contributed by atoms with Gasteiger partial charge in [-0.2, -0.15) is 0 Å². The van der Waals surface area contributed by atoms with Crippen molar-refractivity contribution in [2.45, 2.75) is 0 Å². The molecule has 0 aliphatic heterocycles. The normalized spacial score (nSPS) is 10.7. The van der Waals surface area contributed by atoms with Crippen LogP contribution in [0, 0.1) is 0 Å². The van der Waals surface area contributed by atoms with Gasteiger partial charge in [0.1, 0.15) is 0 Å². The molecule has 2 rings (SSSR count). The lowest BCUT2D eigenvalue weighted by Crippen LogP contribution is -1.93. The van der Waals surface area contributed by atoms with Gasteiger partial charge in [0.05, 0.1) is 7.11 Å². The van der Waals surface area contributed by atoms with E-state index in [1.165, 1.54) is 25.3 Å². The van der Waals surface area contributed by atoms with E-state index in [0.717, 1.165) is 0 Å². The second-order valence-electron chi connectivity index (χ2n) is 4.28. The highest BCUT2D eigenvalue weighted by Crippen LogP contribution is 2.44. The fourth-order valence-corrected chi connectivity index (χ4v) is 1.79. The van der Waals surface area contributed by atoms with Gasteiger partial charge in [-0.15, -0.1) is 0 Å². The van der Waals surface area contributed by atoms with Crippen molar-refractivity contribution in [3.63, 3.8) is 0 Å². The van der Waals surface area contributed by atoms with E-state index in [2.05, 4.69) is 0 Å². The molecule has 0 saturated carbocycles.